The van der Waals surface area contributed by atoms with E-state index in [0.717, 1.165) is 5.56 Å². The minimum atomic E-state index is -4.11. The van der Waals surface area contributed by atoms with Gasteiger partial charge in [-0.05, 0) is 56.2 Å². The summed E-state index contributed by atoms with van der Waals surface area (Å²) in [6.45, 7) is 5.23. The van der Waals surface area contributed by atoms with Crippen LogP contribution in [0, 0.1) is 6.92 Å². The Balaban J connectivity index is 1.55. The number of nitrogens with zero attached hydrogens (tertiary/aromatic N) is 3. The van der Waals surface area contributed by atoms with Crippen LogP contribution in [0.1, 0.15) is 28.6 Å². The van der Waals surface area contributed by atoms with Crippen LogP contribution in [0.5, 0.6) is 0 Å². The van der Waals surface area contributed by atoms with Crippen molar-refractivity contribution in [2.75, 3.05) is 54.8 Å². The summed E-state index contributed by atoms with van der Waals surface area (Å²) in [6.07, 6.45) is 1.67. The Labute approximate surface area is 252 Å². The van der Waals surface area contributed by atoms with E-state index in [0.29, 0.717) is 60.5 Å². The number of anilines is 2. The summed E-state index contributed by atoms with van der Waals surface area (Å²) < 4.78 is 66.8. The number of carbonyl (C=O) groups is 1. The quantitative estimate of drug-likeness (QED) is 0.238. The van der Waals surface area contributed by atoms with Gasteiger partial charge < -0.3 is 14.1 Å². The average Bonchev–Trinajstić information content (AvgIpc) is 3.33. The average molecular weight is 626 g/mol. The first-order valence-electron chi connectivity index (χ1n) is 14.1. The Morgan fingerprint density at radius 3 is 2.28 bits per heavy atom. The van der Waals surface area contributed by atoms with Crippen molar-refractivity contribution in [3.05, 3.63) is 89.7 Å². The molecule has 0 saturated carbocycles. The zero-order chi connectivity index (χ0) is 30.8. The molecule has 0 radical (unpaired) electrons. The molecule has 0 spiro atoms. The van der Waals surface area contributed by atoms with Crippen molar-refractivity contribution in [1.29, 1.82) is 0 Å². The van der Waals surface area contributed by atoms with Gasteiger partial charge in [-0.2, -0.15) is 4.31 Å². The summed E-state index contributed by atoms with van der Waals surface area (Å²) in [5.74, 6) is -0.555. The molecule has 1 saturated heterocycles. The summed E-state index contributed by atoms with van der Waals surface area (Å²) >= 11 is 0. The number of ether oxygens (including phenoxy) is 1. The number of rotatable bonds is 10. The molecule has 0 bridgehead atoms. The molecule has 43 heavy (non-hydrogen) atoms. The maximum Gasteiger partial charge on any atom is 0.374 e. The number of carbonyl (C=O) groups excluding carboxylic acids is 1. The lowest BCUT2D eigenvalue weighted by Crippen LogP contribution is -2.48. The van der Waals surface area contributed by atoms with Gasteiger partial charge in [-0.15, -0.1) is 0 Å². The lowest BCUT2D eigenvalue weighted by atomic mass is 10.1. The molecular formula is C31H35N3O7S2. The Morgan fingerprint density at radius 2 is 1.60 bits per heavy atom. The number of fused-ring (bicyclic) bond motifs is 1. The fraction of sp³-hybridized carbons (Fsp3) is 0.323. The third kappa shape index (κ3) is 6.41. The largest absolute Gasteiger partial charge is 0.460 e. The maximum absolute atomic E-state index is 14.5. The summed E-state index contributed by atoms with van der Waals surface area (Å²) in [6, 6.07) is 21.5. The number of para-hydroxylation sites is 2. The topological polar surface area (TPSA) is 117 Å². The second kappa shape index (κ2) is 12.4. The number of aryl methyl sites for hydroxylation is 1. The van der Waals surface area contributed by atoms with Crippen LogP contribution in [-0.2, 0) is 31.2 Å². The van der Waals surface area contributed by atoms with Gasteiger partial charge in [0.05, 0.1) is 29.1 Å². The molecule has 1 fully saturated rings. The minimum Gasteiger partial charge on any atom is -0.460 e. The number of furan rings is 1. The highest BCUT2D eigenvalue weighted by atomic mass is 32.2. The van der Waals surface area contributed by atoms with Gasteiger partial charge in [0.15, 0.2) is 0 Å². The van der Waals surface area contributed by atoms with Crippen molar-refractivity contribution < 1.29 is 30.8 Å². The number of benzene rings is 3. The fourth-order valence-electron chi connectivity index (χ4n) is 5.33. The van der Waals surface area contributed by atoms with Crippen LogP contribution in [0.15, 0.2) is 82.1 Å². The van der Waals surface area contributed by atoms with E-state index in [1.807, 2.05) is 47.4 Å². The van der Waals surface area contributed by atoms with Crippen molar-refractivity contribution in [2.45, 2.75) is 25.2 Å². The molecule has 5 rings (SSSR count). The first kappa shape index (κ1) is 30.6. The van der Waals surface area contributed by atoms with Crippen LogP contribution >= 0.6 is 0 Å². The molecule has 1 aromatic heterocycles. The fourth-order valence-corrected chi connectivity index (χ4v) is 7.66. The molecule has 0 amide bonds. The van der Waals surface area contributed by atoms with Crippen LogP contribution < -0.4 is 9.21 Å². The van der Waals surface area contributed by atoms with E-state index in [1.54, 1.807) is 32.0 Å². The molecule has 0 unspecified atom stereocenters. The SMILES string of the molecule is CCOC(=O)c1oc2ccc(S(=O)(=O)N(CCc3ccccc3)c3ccccc3N3CCN(S(C)(=O)=O)CC3)cc2c1C. The van der Waals surface area contributed by atoms with Crippen molar-refractivity contribution in [1.82, 2.24) is 4.31 Å². The standard InChI is InChI=1S/C31H35N3O7S2/c1-4-40-31(35)30-23(2)26-22-25(14-15-29(26)41-30)43(38,39)34(17-16-24-10-6-5-7-11-24)28-13-9-8-12-27(28)32-18-20-33(21-19-32)42(3,36)37/h5-15,22H,4,16-21H2,1-3H3. The Hall–Kier alpha value is -3.87. The molecule has 228 valence electrons. The maximum atomic E-state index is 14.5. The number of sulfonamides is 2. The molecule has 4 aromatic rings. The van der Waals surface area contributed by atoms with Crippen LogP contribution in [-0.4, -0.2) is 72.7 Å². The van der Waals surface area contributed by atoms with Gasteiger partial charge in [-0.1, -0.05) is 42.5 Å². The summed E-state index contributed by atoms with van der Waals surface area (Å²) in [4.78, 5) is 14.5. The van der Waals surface area contributed by atoms with Crippen molar-refractivity contribution in [2.24, 2.45) is 0 Å². The highest BCUT2D eigenvalue weighted by molar-refractivity contribution is 7.92. The number of piperazine rings is 1. The van der Waals surface area contributed by atoms with Crippen LogP contribution in [0.25, 0.3) is 11.0 Å². The molecule has 1 aliphatic rings. The third-order valence-electron chi connectivity index (χ3n) is 7.60. The minimum absolute atomic E-state index is 0.0471. The third-order valence-corrected chi connectivity index (χ3v) is 10.7. The van der Waals surface area contributed by atoms with Gasteiger partial charge in [-0.3, -0.25) is 4.31 Å². The van der Waals surface area contributed by atoms with E-state index < -0.39 is 26.0 Å². The van der Waals surface area contributed by atoms with Crippen molar-refractivity contribution in [3.63, 3.8) is 0 Å². The van der Waals surface area contributed by atoms with E-state index in [2.05, 4.69) is 0 Å². The second-order valence-corrected chi connectivity index (χ2v) is 14.2. The Kier molecular flexibility index (Phi) is 8.81. The van der Waals surface area contributed by atoms with E-state index in [1.165, 1.54) is 27.0 Å². The molecule has 0 atom stereocenters. The molecule has 0 N–H and O–H groups in total. The monoisotopic (exact) mass is 625 g/mol. The van der Waals surface area contributed by atoms with Crippen molar-refractivity contribution in [3.8, 4) is 0 Å². The lowest BCUT2D eigenvalue weighted by Gasteiger charge is -2.37. The van der Waals surface area contributed by atoms with E-state index in [4.69, 9.17) is 9.15 Å². The van der Waals surface area contributed by atoms with E-state index in [9.17, 15) is 21.6 Å². The van der Waals surface area contributed by atoms with Crippen LogP contribution in [0.2, 0.25) is 0 Å². The second-order valence-electron chi connectivity index (χ2n) is 10.4. The summed E-state index contributed by atoms with van der Waals surface area (Å²) in [5, 5.41) is 0.511. The van der Waals surface area contributed by atoms with Crippen molar-refractivity contribution >= 4 is 48.4 Å². The number of esters is 1. The molecule has 2 heterocycles. The predicted molar refractivity (Wildman–Crippen MR) is 167 cm³/mol. The summed E-state index contributed by atoms with van der Waals surface area (Å²) in [5.41, 5.74) is 3.09. The number of hydrogen-bond acceptors (Lipinski definition) is 8. The normalized spacial score (nSPS) is 14.6. The van der Waals surface area contributed by atoms with Gasteiger partial charge in [-0.25, -0.2) is 21.6 Å². The van der Waals surface area contributed by atoms with Gasteiger partial charge in [0, 0.05) is 43.7 Å². The molecular weight excluding hydrogens is 590 g/mol. The zero-order valence-electron chi connectivity index (χ0n) is 24.4. The van der Waals surface area contributed by atoms with Gasteiger partial charge in [0.2, 0.25) is 15.8 Å². The highest BCUT2D eigenvalue weighted by Crippen LogP contribution is 2.36. The van der Waals surface area contributed by atoms with E-state index in [-0.39, 0.29) is 23.8 Å². The molecule has 1 aliphatic heterocycles. The summed E-state index contributed by atoms with van der Waals surface area (Å²) in [7, 11) is -7.43. The van der Waals surface area contributed by atoms with Gasteiger partial charge in [0.25, 0.3) is 10.0 Å². The Bertz CT molecular complexity index is 1830. The molecule has 3 aromatic carbocycles. The predicted octanol–water partition coefficient (Wildman–Crippen LogP) is 4.44. The van der Waals surface area contributed by atoms with E-state index >= 15 is 0 Å². The zero-order valence-corrected chi connectivity index (χ0v) is 26.0. The highest BCUT2D eigenvalue weighted by Gasteiger charge is 2.31. The Morgan fingerprint density at radius 1 is 0.930 bits per heavy atom. The molecule has 10 nitrogen and oxygen atoms in total. The number of hydrogen-bond donors (Lipinski definition) is 0. The van der Waals surface area contributed by atoms with Gasteiger partial charge >= 0.3 is 5.97 Å². The molecule has 0 aliphatic carbocycles. The molecule has 12 heteroatoms. The first-order valence-corrected chi connectivity index (χ1v) is 17.4. The van der Waals surface area contributed by atoms with Gasteiger partial charge in [0.1, 0.15) is 5.58 Å². The lowest BCUT2D eigenvalue weighted by molar-refractivity contribution is 0.0491. The first-order chi connectivity index (χ1) is 20.5. The van der Waals surface area contributed by atoms with Crippen LogP contribution in [0.4, 0.5) is 11.4 Å². The smallest absolute Gasteiger partial charge is 0.374 e. The van der Waals surface area contributed by atoms with Crippen LogP contribution in [0.3, 0.4) is 0 Å².